The van der Waals surface area contributed by atoms with E-state index in [0.29, 0.717) is 22.2 Å². The number of carbonyl (C=O) groups is 1. The van der Waals surface area contributed by atoms with Crippen LogP contribution >= 0.6 is 11.8 Å². The van der Waals surface area contributed by atoms with Crippen LogP contribution in [0.4, 0.5) is 0 Å². The molecule has 0 bridgehead atoms. The van der Waals surface area contributed by atoms with Gasteiger partial charge < -0.3 is 9.47 Å². The fraction of sp³-hybridized carbons (Fsp3) is 0.214. The number of hydrogen-bond donors (Lipinski definition) is 1. The number of hydrogen-bond acceptors (Lipinski definition) is 8. The summed E-state index contributed by atoms with van der Waals surface area (Å²) in [7, 11) is 3.04. The lowest BCUT2D eigenvalue weighted by Gasteiger charge is -2.08. The second-order valence-corrected chi connectivity index (χ2v) is 5.58. The Bertz CT molecular complexity index is 952. The van der Waals surface area contributed by atoms with E-state index < -0.39 is 0 Å². The van der Waals surface area contributed by atoms with Gasteiger partial charge >= 0.3 is 0 Å². The third-order valence-corrected chi connectivity index (χ3v) is 4.09. The highest BCUT2D eigenvalue weighted by molar-refractivity contribution is 7.99. The second kappa shape index (κ2) is 6.71. The van der Waals surface area contributed by atoms with Gasteiger partial charge in [0, 0.05) is 5.56 Å². The van der Waals surface area contributed by atoms with Crippen molar-refractivity contribution in [2.24, 2.45) is 0 Å². The number of ketones is 1. The number of thioether (sulfide) groups is 1. The number of fused-ring (bicyclic) bond motifs is 1. The van der Waals surface area contributed by atoms with Gasteiger partial charge in [0.2, 0.25) is 5.16 Å². The average molecular weight is 347 g/mol. The molecule has 0 fully saturated rings. The number of benzene rings is 1. The Hall–Kier alpha value is -2.88. The van der Waals surface area contributed by atoms with Crippen molar-refractivity contribution in [3.8, 4) is 11.5 Å². The van der Waals surface area contributed by atoms with Crippen molar-refractivity contribution in [2.45, 2.75) is 5.16 Å². The zero-order valence-corrected chi connectivity index (χ0v) is 13.7. The zero-order valence-electron chi connectivity index (χ0n) is 12.8. The van der Waals surface area contributed by atoms with Gasteiger partial charge in [0.15, 0.2) is 17.3 Å². The Kier molecular flexibility index (Phi) is 4.47. The number of carbonyl (C=O) groups excluding carboxylic acids is 1. The van der Waals surface area contributed by atoms with Crippen molar-refractivity contribution in [1.82, 2.24) is 24.8 Å². The van der Waals surface area contributed by atoms with E-state index in [4.69, 9.17) is 9.47 Å². The lowest BCUT2D eigenvalue weighted by Crippen LogP contribution is -2.10. The molecule has 0 saturated heterocycles. The number of aromatic nitrogens is 5. The summed E-state index contributed by atoms with van der Waals surface area (Å²) in [5, 5.41) is 12.0. The minimum absolute atomic E-state index is 0.109. The summed E-state index contributed by atoms with van der Waals surface area (Å²) in [6.07, 6.45) is 1.12. The molecule has 3 aromatic rings. The van der Waals surface area contributed by atoms with E-state index >= 15 is 0 Å². The van der Waals surface area contributed by atoms with E-state index in [1.807, 2.05) is 0 Å². The van der Waals surface area contributed by atoms with Crippen LogP contribution in [0.15, 0.2) is 34.3 Å². The number of ether oxygens (including phenoxy) is 2. The van der Waals surface area contributed by atoms with E-state index in [9.17, 15) is 9.59 Å². The van der Waals surface area contributed by atoms with Crippen molar-refractivity contribution in [3.05, 3.63) is 40.3 Å². The maximum absolute atomic E-state index is 12.3. The largest absolute Gasteiger partial charge is 0.493 e. The maximum Gasteiger partial charge on any atom is 0.271 e. The number of methoxy groups -OCH3 is 2. The number of nitrogens with one attached hydrogen (secondary N) is 1. The van der Waals surface area contributed by atoms with Gasteiger partial charge in [-0.3, -0.25) is 14.6 Å². The van der Waals surface area contributed by atoms with Gasteiger partial charge in [0.1, 0.15) is 6.20 Å². The summed E-state index contributed by atoms with van der Waals surface area (Å²) in [6.45, 7) is 0. The van der Waals surface area contributed by atoms with Crippen LogP contribution in [-0.4, -0.2) is 50.6 Å². The maximum atomic E-state index is 12.3. The van der Waals surface area contributed by atoms with Gasteiger partial charge in [-0.15, -0.1) is 10.2 Å². The fourth-order valence-electron chi connectivity index (χ4n) is 2.01. The number of rotatable bonds is 6. The summed E-state index contributed by atoms with van der Waals surface area (Å²) < 4.78 is 11.7. The van der Waals surface area contributed by atoms with Gasteiger partial charge in [0.05, 0.1) is 20.0 Å². The molecule has 0 saturated carbocycles. The summed E-state index contributed by atoms with van der Waals surface area (Å²) in [6, 6.07) is 4.97. The van der Waals surface area contributed by atoms with Crippen LogP contribution in [0.2, 0.25) is 0 Å². The Balaban J connectivity index is 1.76. The number of Topliss-reactive ketones (excluding diaryl/α,β-unsaturated/α-hetero) is 1. The average Bonchev–Trinajstić information content (AvgIpc) is 3.00. The number of nitrogens with zero attached hydrogens (tertiary/aromatic N) is 4. The molecule has 24 heavy (non-hydrogen) atoms. The van der Waals surface area contributed by atoms with E-state index in [1.165, 1.54) is 30.5 Å². The van der Waals surface area contributed by atoms with Crippen molar-refractivity contribution in [3.63, 3.8) is 0 Å². The van der Waals surface area contributed by atoms with E-state index in [0.717, 1.165) is 6.20 Å². The molecule has 1 N–H and O–H groups in total. The van der Waals surface area contributed by atoms with Gasteiger partial charge in [-0.2, -0.15) is 9.61 Å². The summed E-state index contributed by atoms with van der Waals surface area (Å²) in [5.74, 6) is 1.29. The van der Waals surface area contributed by atoms with Gasteiger partial charge in [-0.25, -0.2) is 0 Å². The van der Waals surface area contributed by atoms with Crippen molar-refractivity contribution in [2.75, 3.05) is 20.0 Å². The lowest BCUT2D eigenvalue weighted by atomic mass is 10.1. The summed E-state index contributed by atoms with van der Waals surface area (Å²) >= 11 is 1.17. The summed E-state index contributed by atoms with van der Waals surface area (Å²) in [4.78, 5) is 26.0. The van der Waals surface area contributed by atoms with Crippen LogP contribution in [0, 0.1) is 0 Å². The first-order valence-electron chi connectivity index (χ1n) is 6.81. The molecule has 0 aliphatic rings. The highest BCUT2D eigenvalue weighted by Crippen LogP contribution is 2.28. The summed E-state index contributed by atoms with van der Waals surface area (Å²) in [5.41, 5.74) is 0.128. The third kappa shape index (κ3) is 3.08. The Morgan fingerprint density at radius 2 is 2.04 bits per heavy atom. The first-order valence-corrected chi connectivity index (χ1v) is 7.79. The molecule has 2 aromatic heterocycles. The Morgan fingerprint density at radius 3 is 2.79 bits per heavy atom. The zero-order chi connectivity index (χ0) is 17.1. The minimum atomic E-state index is -0.368. The molecule has 0 spiro atoms. The molecule has 0 radical (unpaired) electrons. The first-order chi connectivity index (χ1) is 11.6. The monoisotopic (exact) mass is 347 g/mol. The van der Waals surface area contributed by atoms with E-state index in [1.54, 1.807) is 18.2 Å². The minimum Gasteiger partial charge on any atom is -0.493 e. The quantitative estimate of drug-likeness (QED) is 0.515. The highest BCUT2D eigenvalue weighted by Gasteiger charge is 2.14. The van der Waals surface area contributed by atoms with E-state index in [-0.39, 0.29) is 22.9 Å². The lowest BCUT2D eigenvalue weighted by molar-refractivity contribution is 0.102. The van der Waals surface area contributed by atoms with Crippen LogP contribution in [0.3, 0.4) is 0 Å². The molecule has 124 valence electrons. The molecule has 0 atom stereocenters. The highest BCUT2D eigenvalue weighted by atomic mass is 32.2. The molecular formula is C14H13N5O4S. The molecule has 0 amide bonds. The fourth-order valence-corrected chi connectivity index (χ4v) is 2.79. The SMILES string of the molecule is COc1ccc(C(=O)CSc2nnc3[nH]c(=O)cnn23)cc1OC. The van der Waals surface area contributed by atoms with Crippen LogP contribution in [0.25, 0.3) is 5.78 Å². The van der Waals surface area contributed by atoms with Gasteiger partial charge in [-0.05, 0) is 18.2 Å². The first kappa shape index (κ1) is 16.0. The predicted molar refractivity (Wildman–Crippen MR) is 86.0 cm³/mol. The van der Waals surface area contributed by atoms with Crippen LogP contribution in [-0.2, 0) is 0 Å². The molecule has 0 aliphatic carbocycles. The normalized spacial score (nSPS) is 10.8. The van der Waals surface area contributed by atoms with Crippen molar-refractivity contribution in [1.29, 1.82) is 0 Å². The smallest absolute Gasteiger partial charge is 0.271 e. The van der Waals surface area contributed by atoms with Crippen LogP contribution in [0.1, 0.15) is 10.4 Å². The Morgan fingerprint density at radius 1 is 1.25 bits per heavy atom. The molecule has 1 aromatic carbocycles. The van der Waals surface area contributed by atoms with Gasteiger partial charge in [-0.1, -0.05) is 11.8 Å². The molecule has 0 unspecified atom stereocenters. The van der Waals surface area contributed by atoms with E-state index in [2.05, 4.69) is 20.3 Å². The van der Waals surface area contributed by atoms with Crippen molar-refractivity contribution >= 4 is 23.3 Å². The molecule has 3 rings (SSSR count). The molecule has 2 heterocycles. The predicted octanol–water partition coefficient (Wildman–Crippen LogP) is 0.805. The topological polar surface area (TPSA) is 111 Å². The second-order valence-electron chi connectivity index (χ2n) is 4.63. The standard InChI is InChI=1S/C14H13N5O4S/c1-22-10-4-3-8(5-11(10)23-2)9(20)7-24-14-18-17-13-16-12(21)6-15-19(13)14/h3-6H,7H2,1-2H3,(H,16,17,21). The number of aromatic amines is 1. The molecule has 0 aliphatic heterocycles. The van der Waals surface area contributed by atoms with Crippen LogP contribution in [0.5, 0.6) is 11.5 Å². The Labute approximate surface area is 140 Å². The molecule has 10 heteroatoms. The number of H-pyrrole nitrogens is 1. The van der Waals surface area contributed by atoms with Crippen LogP contribution < -0.4 is 15.0 Å². The van der Waals surface area contributed by atoms with Gasteiger partial charge in [0.25, 0.3) is 11.3 Å². The van der Waals surface area contributed by atoms with Crippen molar-refractivity contribution < 1.29 is 14.3 Å². The third-order valence-electron chi connectivity index (χ3n) is 3.18. The molecule has 9 nitrogen and oxygen atoms in total. The molecular weight excluding hydrogens is 334 g/mol.